The number of hydrogen-bond donors (Lipinski definition) is 1. The van der Waals surface area contributed by atoms with Crippen molar-refractivity contribution in [2.24, 2.45) is 0 Å². The lowest BCUT2D eigenvalue weighted by Crippen LogP contribution is -2.76. The summed E-state index contributed by atoms with van der Waals surface area (Å²) in [5, 5.41) is 0. The van der Waals surface area contributed by atoms with Crippen molar-refractivity contribution in [1.82, 2.24) is 0 Å². The zero-order valence-corrected chi connectivity index (χ0v) is 14.6. The van der Waals surface area contributed by atoms with Gasteiger partial charge in [-0.15, -0.1) is 0 Å². The van der Waals surface area contributed by atoms with Crippen molar-refractivity contribution in [1.29, 1.82) is 0 Å². The van der Waals surface area contributed by atoms with Crippen LogP contribution in [0.15, 0.2) is 0 Å². The van der Waals surface area contributed by atoms with Crippen LogP contribution < -0.4 is 0 Å². The first-order valence-corrected chi connectivity index (χ1v) is 7.84. The number of hydrogen-bond acceptors (Lipinski definition) is 3. The predicted octanol–water partition coefficient (Wildman–Crippen LogP) is 5.41. The van der Waals surface area contributed by atoms with E-state index in [1.54, 1.807) is 0 Å². The maximum absolute atomic E-state index is 13.2. The molecular weight excluding hydrogens is 565 g/mol. The van der Waals surface area contributed by atoms with Crippen LogP contribution in [0.1, 0.15) is 0 Å². The molecule has 0 aliphatic carbocycles. The molecule has 0 fully saturated rings. The zero-order valence-electron chi connectivity index (χ0n) is 13.8. The van der Waals surface area contributed by atoms with E-state index in [-0.39, 0.29) is 0 Å². The van der Waals surface area contributed by atoms with E-state index in [4.69, 9.17) is 4.55 Å². The Kier molecular flexibility index (Phi) is 7.18. The molecule has 0 spiro atoms. The minimum Gasteiger partial charge on any atom is -0.263 e. The Morgan fingerprint density at radius 2 is 0.636 bits per heavy atom. The fraction of sp³-hybridized carbons (Fsp3) is 1.00. The average molecular weight is 566 g/mol. The summed E-state index contributed by atoms with van der Waals surface area (Å²) < 4.78 is 272. The summed E-state index contributed by atoms with van der Waals surface area (Å²) >= 11 is 0. The van der Waals surface area contributed by atoms with Crippen molar-refractivity contribution >= 4 is 10.4 Å². The van der Waals surface area contributed by atoms with Gasteiger partial charge in [0.05, 0.1) is 0 Å². The summed E-state index contributed by atoms with van der Waals surface area (Å²) in [7, 11) is -7.08. The van der Waals surface area contributed by atoms with Crippen molar-refractivity contribution in [3.8, 4) is 0 Å². The first-order valence-electron chi connectivity index (χ1n) is 6.48. The number of halogens is 19. The highest BCUT2D eigenvalue weighted by Gasteiger charge is 2.97. The quantitative estimate of drug-likeness (QED) is 0.300. The smallest absolute Gasteiger partial charge is 0.263 e. The molecule has 0 bridgehead atoms. The number of rotatable bonds is 9. The molecule has 33 heavy (non-hydrogen) atoms. The maximum Gasteiger partial charge on any atom is 0.460 e. The maximum atomic E-state index is 13.2. The fourth-order valence-corrected chi connectivity index (χ4v) is 1.90. The Labute approximate surface area is 166 Å². The monoisotopic (exact) mass is 566 g/mol. The molecule has 0 atom stereocenters. The Morgan fingerprint density at radius 3 is 0.848 bits per heavy atom. The van der Waals surface area contributed by atoms with Crippen LogP contribution in [0.5, 0.6) is 0 Å². The highest BCUT2D eigenvalue weighted by atomic mass is 32.3. The van der Waals surface area contributed by atoms with Gasteiger partial charge >= 0.3 is 64.1 Å². The van der Waals surface area contributed by atoms with Crippen LogP contribution in [-0.2, 0) is 14.6 Å². The van der Waals surface area contributed by atoms with Crippen LogP contribution in [0.3, 0.4) is 0 Å². The molecule has 0 saturated carbocycles. The molecule has 24 heteroatoms. The van der Waals surface area contributed by atoms with Crippen LogP contribution in [0.25, 0.3) is 0 Å². The normalized spacial score (nSPS) is 16.8. The van der Waals surface area contributed by atoms with Gasteiger partial charge in [0.2, 0.25) is 0 Å². The Balaban J connectivity index is 6.95. The van der Waals surface area contributed by atoms with E-state index in [9.17, 15) is 91.8 Å². The lowest BCUT2D eigenvalue weighted by Gasteiger charge is -2.43. The molecule has 0 unspecified atom stereocenters. The molecule has 0 aliphatic heterocycles. The molecule has 0 rings (SSSR count). The summed E-state index contributed by atoms with van der Waals surface area (Å²) in [5.41, 5.74) is 0. The van der Waals surface area contributed by atoms with Gasteiger partial charge in [0, 0.05) is 0 Å². The van der Waals surface area contributed by atoms with Crippen LogP contribution in [0.2, 0.25) is 0 Å². The third-order valence-electron chi connectivity index (χ3n) is 3.30. The van der Waals surface area contributed by atoms with E-state index in [1.807, 2.05) is 0 Å². The van der Waals surface area contributed by atoms with E-state index in [0.717, 1.165) is 0 Å². The van der Waals surface area contributed by atoms with Crippen molar-refractivity contribution in [3.63, 3.8) is 0 Å². The average Bonchev–Trinajstić information content (AvgIpc) is 2.49. The second-order valence-corrected chi connectivity index (χ2v) is 6.57. The zero-order chi connectivity index (χ0) is 27.7. The largest absolute Gasteiger partial charge is 0.460 e. The van der Waals surface area contributed by atoms with Crippen LogP contribution in [-0.4, -0.2) is 66.7 Å². The van der Waals surface area contributed by atoms with Gasteiger partial charge in [-0.2, -0.15) is 96.0 Å². The van der Waals surface area contributed by atoms with E-state index < -0.39 is 64.1 Å². The third-order valence-corrected chi connectivity index (χ3v) is 3.72. The predicted molar refractivity (Wildman–Crippen MR) is 58.3 cm³/mol. The van der Waals surface area contributed by atoms with E-state index in [1.165, 1.54) is 4.18 Å². The number of alkyl halides is 19. The Hall–Kier alpha value is -1.46. The van der Waals surface area contributed by atoms with Gasteiger partial charge in [-0.1, -0.05) is 0 Å². The topological polar surface area (TPSA) is 63.6 Å². The highest BCUT2D eigenvalue weighted by Crippen LogP contribution is 2.65. The Bertz CT molecular complexity index is 840. The third kappa shape index (κ3) is 4.25. The molecule has 0 aliphatic rings. The molecule has 0 heterocycles. The molecule has 0 amide bonds. The van der Waals surface area contributed by atoms with Gasteiger partial charge in [0.15, 0.2) is 0 Å². The van der Waals surface area contributed by atoms with Crippen molar-refractivity contribution < 1.29 is 101 Å². The molecule has 0 aromatic carbocycles. The van der Waals surface area contributed by atoms with Gasteiger partial charge in [0.25, 0.3) is 0 Å². The first kappa shape index (κ1) is 31.5. The standard InChI is InChI=1S/C9HF19O4S/c10-1(11,2(12,13)4(16,17)6(20,21)8(24,25)26)3(14,15)5(18,19)7(22,23)9(27,28)32-33(29,30)31/h(H,29,30,31). The molecule has 0 aromatic rings. The molecule has 0 radical (unpaired) electrons. The van der Waals surface area contributed by atoms with Crippen molar-refractivity contribution in [2.45, 2.75) is 53.7 Å². The minimum atomic E-state index is -9.14. The van der Waals surface area contributed by atoms with Gasteiger partial charge in [-0.05, 0) is 0 Å². The van der Waals surface area contributed by atoms with Crippen LogP contribution >= 0.6 is 0 Å². The van der Waals surface area contributed by atoms with Gasteiger partial charge in [-0.3, -0.25) is 4.55 Å². The minimum absolute atomic E-state index is 1.52. The molecular formula is C9HF19O4S. The van der Waals surface area contributed by atoms with E-state index in [2.05, 4.69) is 0 Å². The second-order valence-electron chi connectivity index (χ2n) is 5.55. The Morgan fingerprint density at radius 1 is 0.424 bits per heavy atom. The summed E-state index contributed by atoms with van der Waals surface area (Å²) in [6, 6.07) is 0. The van der Waals surface area contributed by atoms with E-state index >= 15 is 0 Å². The lowest BCUT2D eigenvalue weighted by atomic mass is 9.88. The SMILES string of the molecule is O=S(=O)(O)OC(F)(F)C(F)(F)C(F)(F)C(F)(F)C(F)(F)C(F)(F)C(F)(F)C(F)(F)C(F)(F)F. The van der Waals surface area contributed by atoms with Crippen LogP contribution in [0, 0.1) is 0 Å². The molecule has 1 N–H and O–H groups in total. The van der Waals surface area contributed by atoms with E-state index in [0.29, 0.717) is 0 Å². The van der Waals surface area contributed by atoms with Gasteiger partial charge < -0.3 is 0 Å². The molecule has 200 valence electrons. The molecule has 0 aromatic heterocycles. The summed E-state index contributed by atoms with van der Waals surface area (Å²) in [4.78, 5) is 0. The first-order chi connectivity index (χ1) is 13.7. The van der Waals surface area contributed by atoms with Gasteiger partial charge in [-0.25, -0.2) is 0 Å². The highest BCUT2D eigenvalue weighted by molar-refractivity contribution is 7.80. The van der Waals surface area contributed by atoms with Crippen molar-refractivity contribution in [2.75, 3.05) is 0 Å². The molecule has 4 nitrogen and oxygen atoms in total. The van der Waals surface area contributed by atoms with Crippen LogP contribution in [0.4, 0.5) is 83.4 Å². The lowest BCUT2D eigenvalue weighted by molar-refractivity contribution is -0.476. The summed E-state index contributed by atoms with van der Waals surface area (Å²) in [6.45, 7) is 0. The molecule has 0 saturated heterocycles. The second kappa shape index (κ2) is 7.52. The van der Waals surface area contributed by atoms with Crippen molar-refractivity contribution in [3.05, 3.63) is 0 Å². The summed E-state index contributed by atoms with van der Waals surface area (Å²) in [6.07, 6.45) is -15.8. The van der Waals surface area contributed by atoms with Gasteiger partial charge in [0.1, 0.15) is 0 Å². The summed E-state index contributed by atoms with van der Waals surface area (Å²) in [5.74, 6) is -62.0. The fourth-order valence-electron chi connectivity index (χ4n) is 1.53.